The van der Waals surface area contributed by atoms with E-state index in [0.29, 0.717) is 0 Å². The van der Waals surface area contributed by atoms with Crippen molar-refractivity contribution in [2.24, 2.45) is 0 Å². The number of hydrogen-bond acceptors (Lipinski definition) is 1. The zero-order valence-electron chi connectivity index (χ0n) is 8.00. The minimum absolute atomic E-state index is 0. The molecule has 0 fully saturated rings. The Morgan fingerprint density at radius 1 is 0.700 bits per heavy atom. The van der Waals surface area contributed by atoms with Crippen LogP contribution in [0.25, 0.3) is 0 Å². The average Bonchev–Trinajstić information content (AvgIpc) is 1.14. The maximum absolute atomic E-state index is 3.46. The van der Waals surface area contributed by atoms with Crippen LogP contribution in [-0.4, -0.2) is 11.1 Å². The van der Waals surface area contributed by atoms with Crippen LogP contribution in [0.2, 0.25) is 0 Å². The Kier molecular flexibility index (Phi) is 5.17. The Hall–Kier alpha value is 0.674. The molecule has 10 heavy (non-hydrogen) atoms. The van der Waals surface area contributed by atoms with Crippen molar-refractivity contribution in [2.75, 3.05) is 0 Å². The largest absolute Gasteiger partial charge is 0.307 e. The third-order valence-electron chi connectivity index (χ3n) is 0.750. The molecule has 0 aromatic rings. The molecule has 0 rings (SSSR count). The van der Waals surface area contributed by atoms with Gasteiger partial charge in [0.1, 0.15) is 0 Å². The van der Waals surface area contributed by atoms with Crippen molar-refractivity contribution in [3.8, 4) is 0 Å². The molecule has 0 aromatic carbocycles. The minimum atomic E-state index is 0. The van der Waals surface area contributed by atoms with Gasteiger partial charge in [-0.3, -0.25) is 0 Å². The monoisotopic (exact) mass is 177 g/mol. The Labute approximate surface area is 79.8 Å². The van der Waals surface area contributed by atoms with Crippen molar-refractivity contribution in [1.82, 2.24) is 5.32 Å². The standard InChI is InChI=1S/C8H19N.Ti/c1-7(2,3)9-8(4,5)6;/h9H,1-6H3;. The van der Waals surface area contributed by atoms with Gasteiger partial charge < -0.3 is 5.32 Å². The van der Waals surface area contributed by atoms with Crippen LogP contribution in [-0.2, 0) is 21.7 Å². The van der Waals surface area contributed by atoms with Gasteiger partial charge in [-0.15, -0.1) is 0 Å². The molecule has 0 aliphatic rings. The van der Waals surface area contributed by atoms with Gasteiger partial charge in [-0.25, -0.2) is 0 Å². The summed E-state index contributed by atoms with van der Waals surface area (Å²) < 4.78 is 0. The second kappa shape index (κ2) is 3.89. The van der Waals surface area contributed by atoms with Gasteiger partial charge in [0, 0.05) is 32.8 Å². The van der Waals surface area contributed by atoms with E-state index in [1.54, 1.807) is 0 Å². The van der Waals surface area contributed by atoms with Gasteiger partial charge in [-0.05, 0) is 41.5 Å². The summed E-state index contributed by atoms with van der Waals surface area (Å²) in [5, 5.41) is 3.46. The second-order valence-corrected chi connectivity index (χ2v) is 4.62. The van der Waals surface area contributed by atoms with E-state index >= 15 is 0 Å². The average molecular weight is 177 g/mol. The first-order chi connectivity index (χ1) is 3.71. The van der Waals surface area contributed by atoms with Crippen molar-refractivity contribution in [1.29, 1.82) is 0 Å². The molecule has 60 valence electrons. The van der Waals surface area contributed by atoms with E-state index in [4.69, 9.17) is 0 Å². The Bertz CT molecular complexity index is 74.4. The van der Waals surface area contributed by atoms with Crippen LogP contribution < -0.4 is 5.32 Å². The predicted molar refractivity (Wildman–Crippen MR) is 42.6 cm³/mol. The van der Waals surface area contributed by atoms with Gasteiger partial charge in [0.05, 0.1) is 0 Å². The molecule has 0 spiro atoms. The number of hydrogen-bond donors (Lipinski definition) is 1. The van der Waals surface area contributed by atoms with Gasteiger partial charge >= 0.3 is 0 Å². The van der Waals surface area contributed by atoms with Crippen LogP contribution in [0.5, 0.6) is 0 Å². The molecule has 0 amide bonds. The number of rotatable bonds is 0. The predicted octanol–water partition coefficient (Wildman–Crippen LogP) is 2.17. The van der Waals surface area contributed by atoms with Crippen molar-refractivity contribution in [3.05, 3.63) is 0 Å². The van der Waals surface area contributed by atoms with E-state index in [1.165, 1.54) is 0 Å². The maximum atomic E-state index is 3.46. The molecule has 0 atom stereocenters. The van der Waals surface area contributed by atoms with Crippen LogP contribution in [0, 0.1) is 0 Å². The smallest absolute Gasteiger partial charge is 0.0101 e. The summed E-state index contributed by atoms with van der Waals surface area (Å²) in [5.41, 5.74) is 0.469. The van der Waals surface area contributed by atoms with Crippen LogP contribution in [0.3, 0.4) is 0 Å². The number of nitrogens with one attached hydrogen (secondary N) is 1. The summed E-state index contributed by atoms with van der Waals surface area (Å²) >= 11 is 0. The van der Waals surface area contributed by atoms with E-state index in [0.717, 1.165) is 0 Å². The van der Waals surface area contributed by atoms with Crippen molar-refractivity contribution < 1.29 is 21.7 Å². The van der Waals surface area contributed by atoms with E-state index in [-0.39, 0.29) is 32.8 Å². The van der Waals surface area contributed by atoms with Gasteiger partial charge in [0.2, 0.25) is 0 Å². The quantitative estimate of drug-likeness (QED) is 0.559. The molecule has 0 saturated heterocycles. The zero-order chi connectivity index (χ0) is 7.71. The molecule has 0 radical (unpaired) electrons. The Morgan fingerprint density at radius 3 is 0.900 bits per heavy atom. The topological polar surface area (TPSA) is 12.0 Å². The molecule has 0 unspecified atom stereocenters. The first-order valence-corrected chi connectivity index (χ1v) is 3.50. The van der Waals surface area contributed by atoms with Gasteiger partial charge in [-0.2, -0.15) is 0 Å². The summed E-state index contributed by atoms with van der Waals surface area (Å²) in [6.07, 6.45) is 0. The second-order valence-electron chi connectivity index (χ2n) is 4.62. The molecule has 0 aliphatic heterocycles. The molecule has 0 heterocycles. The fourth-order valence-electron chi connectivity index (χ4n) is 1.12. The van der Waals surface area contributed by atoms with Crippen LogP contribution in [0.4, 0.5) is 0 Å². The SMILES string of the molecule is CC(C)(C)NC(C)(C)C.[Ti]. The fraction of sp³-hybridized carbons (Fsp3) is 1.00. The molecule has 2 heteroatoms. The Morgan fingerprint density at radius 2 is 0.900 bits per heavy atom. The molecule has 0 saturated carbocycles. The van der Waals surface area contributed by atoms with Crippen LogP contribution >= 0.6 is 0 Å². The molecule has 1 N–H and O–H groups in total. The third-order valence-corrected chi connectivity index (χ3v) is 0.750. The molecule has 0 bridgehead atoms. The van der Waals surface area contributed by atoms with Crippen molar-refractivity contribution in [2.45, 2.75) is 52.6 Å². The summed E-state index contributed by atoms with van der Waals surface area (Å²) in [4.78, 5) is 0. The van der Waals surface area contributed by atoms with Crippen molar-refractivity contribution >= 4 is 0 Å². The van der Waals surface area contributed by atoms with Crippen LogP contribution in [0.1, 0.15) is 41.5 Å². The maximum Gasteiger partial charge on any atom is 0.0101 e. The molecular weight excluding hydrogens is 158 g/mol. The summed E-state index contributed by atoms with van der Waals surface area (Å²) in [7, 11) is 0. The zero-order valence-corrected chi connectivity index (χ0v) is 9.56. The summed E-state index contributed by atoms with van der Waals surface area (Å²) in [5.74, 6) is 0. The van der Waals surface area contributed by atoms with E-state index in [1.807, 2.05) is 0 Å². The van der Waals surface area contributed by atoms with Gasteiger partial charge in [0.25, 0.3) is 0 Å². The normalized spacial score (nSPS) is 12.6. The van der Waals surface area contributed by atoms with Crippen LogP contribution in [0.15, 0.2) is 0 Å². The molecular formula is C8H19NTi. The van der Waals surface area contributed by atoms with Crippen molar-refractivity contribution in [3.63, 3.8) is 0 Å². The molecule has 1 nitrogen and oxygen atoms in total. The molecule has 0 aromatic heterocycles. The molecule has 0 aliphatic carbocycles. The minimum Gasteiger partial charge on any atom is -0.307 e. The summed E-state index contributed by atoms with van der Waals surface area (Å²) in [6.45, 7) is 13.1. The Balaban J connectivity index is 0. The van der Waals surface area contributed by atoms with E-state index in [9.17, 15) is 0 Å². The van der Waals surface area contributed by atoms with Gasteiger partial charge in [-0.1, -0.05) is 0 Å². The summed E-state index contributed by atoms with van der Waals surface area (Å²) in [6, 6.07) is 0. The first kappa shape index (κ1) is 13.3. The van der Waals surface area contributed by atoms with E-state index < -0.39 is 0 Å². The van der Waals surface area contributed by atoms with E-state index in [2.05, 4.69) is 46.9 Å². The third kappa shape index (κ3) is 11.5. The fourth-order valence-corrected chi connectivity index (χ4v) is 1.12. The van der Waals surface area contributed by atoms with Gasteiger partial charge in [0.15, 0.2) is 0 Å². The first-order valence-electron chi connectivity index (χ1n) is 3.50.